The number of ketones is 1. The number of aliphatic hydroxyl groups excluding tert-OH is 1. The van der Waals surface area contributed by atoms with E-state index in [0.29, 0.717) is 18.7 Å². The van der Waals surface area contributed by atoms with Crippen molar-refractivity contribution in [3.63, 3.8) is 0 Å². The fourth-order valence-corrected chi connectivity index (χ4v) is 5.00. The summed E-state index contributed by atoms with van der Waals surface area (Å²) < 4.78 is 5.64. The van der Waals surface area contributed by atoms with E-state index in [0.717, 1.165) is 41.0 Å². The Morgan fingerprint density at radius 3 is 2.86 bits per heavy atom. The third-order valence-electron chi connectivity index (χ3n) is 5.34. The summed E-state index contributed by atoms with van der Waals surface area (Å²) in [5, 5.41) is 13.1. The molecule has 146 valence electrons. The Morgan fingerprint density at radius 1 is 1.32 bits per heavy atom. The van der Waals surface area contributed by atoms with E-state index in [1.165, 1.54) is 11.3 Å². The van der Waals surface area contributed by atoms with Crippen molar-refractivity contribution in [2.24, 2.45) is 0 Å². The van der Waals surface area contributed by atoms with Gasteiger partial charge in [-0.15, -0.1) is 11.3 Å². The first-order valence-electron chi connectivity index (χ1n) is 9.61. The molecule has 0 spiro atoms. The molecule has 3 heterocycles. The van der Waals surface area contributed by atoms with Crippen LogP contribution in [0.1, 0.15) is 47.4 Å². The first-order chi connectivity index (χ1) is 13.5. The van der Waals surface area contributed by atoms with Gasteiger partial charge in [-0.1, -0.05) is 6.92 Å². The molecule has 0 saturated carbocycles. The molecular formula is C22H23NO4S. The number of amides is 1. The molecule has 0 radical (unpaired) electrons. The third kappa shape index (κ3) is 3.02. The lowest BCUT2D eigenvalue weighted by atomic mass is 9.96. The first-order valence-corrected chi connectivity index (χ1v) is 10.5. The number of rotatable bonds is 4. The van der Waals surface area contributed by atoms with Crippen molar-refractivity contribution >= 4 is 28.8 Å². The van der Waals surface area contributed by atoms with Crippen molar-refractivity contribution in [1.29, 1.82) is 0 Å². The van der Waals surface area contributed by atoms with Crippen molar-refractivity contribution in [2.75, 3.05) is 13.2 Å². The number of hydrogen-bond donors (Lipinski definition) is 1. The van der Waals surface area contributed by atoms with Gasteiger partial charge in [0, 0.05) is 17.0 Å². The number of carbonyl (C=O) groups excluding carboxylic acids is 2. The van der Waals surface area contributed by atoms with Crippen LogP contribution in [0.5, 0.6) is 5.75 Å². The fourth-order valence-electron chi connectivity index (χ4n) is 3.95. The highest BCUT2D eigenvalue weighted by atomic mass is 32.1. The van der Waals surface area contributed by atoms with Gasteiger partial charge in [0.25, 0.3) is 11.7 Å². The number of Topliss-reactive ketones (excluding diaryl/α,β-unsaturated/α-hetero) is 1. The lowest BCUT2D eigenvalue weighted by Crippen LogP contribution is -2.30. The van der Waals surface area contributed by atoms with Crippen LogP contribution < -0.4 is 4.74 Å². The molecule has 1 amide bonds. The zero-order valence-electron chi connectivity index (χ0n) is 16.0. The van der Waals surface area contributed by atoms with Crippen LogP contribution >= 0.6 is 11.3 Å². The predicted molar refractivity (Wildman–Crippen MR) is 109 cm³/mol. The smallest absolute Gasteiger partial charge is 0.295 e. The Balaban J connectivity index is 1.86. The second-order valence-electron chi connectivity index (χ2n) is 7.23. The average molecular weight is 397 g/mol. The molecule has 2 aromatic rings. The van der Waals surface area contributed by atoms with E-state index in [2.05, 4.69) is 0 Å². The van der Waals surface area contributed by atoms with Gasteiger partial charge in [0.05, 0.1) is 18.2 Å². The van der Waals surface area contributed by atoms with Crippen LogP contribution in [-0.4, -0.2) is 34.8 Å². The summed E-state index contributed by atoms with van der Waals surface area (Å²) in [7, 11) is 0. The number of hydrogen-bond acceptors (Lipinski definition) is 5. The Bertz CT molecular complexity index is 975. The monoisotopic (exact) mass is 397 g/mol. The molecule has 0 aliphatic carbocycles. The van der Waals surface area contributed by atoms with E-state index in [1.54, 1.807) is 11.0 Å². The Hall–Kier alpha value is -2.60. The lowest BCUT2D eigenvalue weighted by Gasteiger charge is -2.24. The van der Waals surface area contributed by atoms with E-state index >= 15 is 0 Å². The standard InChI is InChI=1S/C22H23NO4S/c1-3-9-23-18(21-13(2)8-11-28-21)17(20(25)22(23)26)19(24)15-6-7-16-14(12-15)5-4-10-27-16/h6-8,11-12,18,24H,3-5,9-10H2,1-2H3/b19-17-. The molecule has 4 rings (SSSR count). The molecule has 2 aliphatic rings. The van der Waals surface area contributed by atoms with E-state index in [9.17, 15) is 14.7 Å². The van der Waals surface area contributed by atoms with Crippen LogP contribution in [0.4, 0.5) is 0 Å². The van der Waals surface area contributed by atoms with E-state index in [-0.39, 0.29) is 11.3 Å². The van der Waals surface area contributed by atoms with Crippen LogP contribution in [0.15, 0.2) is 35.2 Å². The van der Waals surface area contributed by atoms with Crippen molar-refractivity contribution in [3.05, 3.63) is 56.8 Å². The predicted octanol–water partition coefficient (Wildman–Crippen LogP) is 4.21. The minimum atomic E-state index is -0.613. The number of ether oxygens (including phenoxy) is 1. The topological polar surface area (TPSA) is 66.8 Å². The van der Waals surface area contributed by atoms with E-state index < -0.39 is 17.7 Å². The van der Waals surface area contributed by atoms with Gasteiger partial charge in [-0.3, -0.25) is 9.59 Å². The molecule has 1 aromatic carbocycles. The second kappa shape index (κ2) is 7.43. The van der Waals surface area contributed by atoms with Crippen molar-refractivity contribution in [1.82, 2.24) is 4.90 Å². The maximum absolute atomic E-state index is 12.9. The van der Waals surface area contributed by atoms with Crippen LogP contribution in [0, 0.1) is 6.92 Å². The van der Waals surface area contributed by atoms with Gasteiger partial charge in [0.15, 0.2) is 0 Å². The lowest BCUT2D eigenvalue weighted by molar-refractivity contribution is -0.139. The molecule has 0 bridgehead atoms. The molecule has 1 unspecified atom stereocenters. The van der Waals surface area contributed by atoms with Crippen molar-refractivity contribution < 1.29 is 19.4 Å². The number of aliphatic hydroxyl groups is 1. The van der Waals surface area contributed by atoms with Crippen LogP contribution in [0.25, 0.3) is 5.76 Å². The summed E-state index contributed by atoms with van der Waals surface area (Å²) in [4.78, 5) is 28.1. The van der Waals surface area contributed by atoms with Crippen LogP contribution in [0.2, 0.25) is 0 Å². The molecule has 1 atom stereocenters. The number of aryl methyl sites for hydroxylation is 2. The van der Waals surface area contributed by atoms with Gasteiger partial charge in [0.1, 0.15) is 11.5 Å². The number of carbonyl (C=O) groups is 2. The summed E-state index contributed by atoms with van der Waals surface area (Å²) in [6.07, 6.45) is 2.53. The largest absolute Gasteiger partial charge is 0.507 e. The van der Waals surface area contributed by atoms with E-state index in [1.807, 2.05) is 37.4 Å². The molecule has 6 heteroatoms. The van der Waals surface area contributed by atoms with Crippen LogP contribution in [0.3, 0.4) is 0 Å². The molecule has 1 saturated heterocycles. The normalized spacial score (nSPS) is 20.9. The highest BCUT2D eigenvalue weighted by molar-refractivity contribution is 7.10. The van der Waals surface area contributed by atoms with Crippen LogP contribution in [-0.2, 0) is 16.0 Å². The average Bonchev–Trinajstić information content (AvgIpc) is 3.23. The van der Waals surface area contributed by atoms with Crippen molar-refractivity contribution in [3.8, 4) is 5.75 Å². The summed E-state index contributed by atoms with van der Waals surface area (Å²) in [6, 6.07) is 6.90. The SMILES string of the molecule is CCCN1C(=O)C(=O)/C(=C(\O)c2ccc3c(c2)CCCO3)C1c1sccc1C. The van der Waals surface area contributed by atoms with Gasteiger partial charge in [0.2, 0.25) is 0 Å². The summed E-state index contributed by atoms with van der Waals surface area (Å²) in [6.45, 7) is 5.11. The highest BCUT2D eigenvalue weighted by Crippen LogP contribution is 2.43. The summed E-state index contributed by atoms with van der Waals surface area (Å²) in [5.74, 6) is -0.441. The molecule has 1 fully saturated rings. The quantitative estimate of drug-likeness (QED) is 0.477. The minimum Gasteiger partial charge on any atom is -0.507 e. The molecular weight excluding hydrogens is 374 g/mol. The Kier molecular flexibility index (Phi) is 4.98. The maximum atomic E-state index is 12.9. The zero-order chi connectivity index (χ0) is 19.8. The highest BCUT2D eigenvalue weighted by Gasteiger charge is 2.46. The molecule has 5 nitrogen and oxygen atoms in total. The summed E-state index contributed by atoms with van der Waals surface area (Å²) in [5.41, 5.74) is 2.77. The van der Waals surface area contributed by atoms with Gasteiger partial charge >= 0.3 is 0 Å². The number of nitrogens with zero attached hydrogens (tertiary/aromatic N) is 1. The number of likely N-dealkylation sites (tertiary alicyclic amines) is 1. The van der Waals surface area contributed by atoms with Gasteiger partial charge < -0.3 is 14.7 Å². The molecule has 2 aliphatic heterocycles. The number of thiophene rings is 1. The minimum absolute atomic E-state index is 0.108. The van der Waals surface area contributed by atoms with Crippen molar-refractivity contribution in [2.45, 2.75) is 39.2 Å². The number of fused-ring (bicyclic) bond motifs is 1. The second-order valence-corrected chi connectivity index (χ2v) is 8.18. The molecule has 1 aromatic heterocycles. The molecule has 1 N–H and O–H groups in total. The Morgan fingerprint density at radius 2 is 2.14 bits per heavy atom. The van der Waals surface area contributed by atoms with Gasteiger partial charge in [-0.05, 0) is 67.0 Å². The van der Waals surface area contributed by atoms with E-state index in [4.69, 9.17) is 4.74 Å². The zero-order valence-corrected chi connectivity index (χ0v) is 16.8. The maximum Gasteiger partial charge on any atom is 0.295 e. The fraction of sp³-hybridized carbons (Fsp3) is 0.364. The Labute approximate surface area is 168 Å². The molecule has 28 heavy (non-hydrogen) atoms. The summed E-state index contributed by atoms with van der Waals surface area (Å²) >= 11 is 1.51. The first kappa shape index (κ1) is 18.7. The number of benzene rings is 1. The van der Waals surface area contributed by atoms with Gasteiger partial charge in [-0.2, -0.15) is 0 Å². The van der Waals surface area contributed by atoms with Gasteiger partial charge in [-0.25, -0.2) is 0 Å². The third-order valence-corrected chi connectivity index (χ3v) is 6.41.